The molecule has 4 aromatic heterocycles. The summed E-state index contributed by atoms with van der Waals surface area (Å²) in [6.45, 7) is 4.35. The molecule has 8 rings (SSSR count). The maximum Gasteiger partial charge on any atom is 0.257 e. The fourth-order valence-electron chi connectivity index (χ4n) is 6.41. The van der Waals surface area contributed by atoms with Gasteiger partial charge in [-0.25, -0.2) is 30.6 Å². The van der Waals surface area contributed by atoms with Gasteiger partial charge >= 0.3 is 0 Å². The number of nitrogens with one attached hydrogen (secondary N) is 2. The van der Waals surface area contributed by atoms with E-state index in [0.29, 0.717) is 70.6 Å². The van der Waals surface area contributed by atoms with E-state index < -0.39 is 31.3 Å². The number of halogens is 3. The molecule has 0 saturated carbocycles. The maximum absolute atomic E-state index is 13.7. The molecule has 2 amide bonds. The highest BCUT2D eigenvalue weighted by Gasteiger charge is 2.32. The Morgan fingerprint density at radius 3 is 1.55 bits per heavy atom. The van der Waals surface area contributed by atoms with Crippen molar-refractivity contribution >= 4 is 71.7 Å². The molecule has 4 N–H and O–H groups in total. The second kappa shape index (κ2) is 19.4. The van der Waals surface area contributed by atoms with Gasteiger partial charge in [0.15, 0.2) is 19.7 Å². The smallest absolute Gasteiger partial charge is 0.257 e. The first-order chi connectivity index (χ1) is 29.6. The van der Waals surface area contributed by atoms with Gasteiger partial charge in [0.25, 0.3) is 11.8 Å². The minimum absolute atomic E-state index is 0. The Morgan fingerprint density at radius 1 is 0.641 bits per heavy atom. The normalized spacial score (nSPS) is 12.9. The number of pyridine rings is 2. The van der Waals surface area contributed by atoms with Crippen molar-refractivity contribution in [3.8, 4) is 0 Å². The first-order valence-electron chi connectivity index (χ1n) is 18.7. The van der Waals surface area contributed by atoms with Crippen molar-refractivity contribution in [3.05, 3.63) is 135 Å². The molecule has 0 saturated heterocycles. The van der Waals surface area contributed by atoms with Gasteiger partial charge in [0, 0.05) is 38.7 Å². The van der Waals surface area contributed by atoms with Crippen molar-refractivity contribution in [2.75, 3.05) is 43.0 Å². The molecule has 17 nitrogen and oxygen atoms in total. The highest BCUT2D eigenvalue weighted by molar-refractivity contribution is 7.91. The van der Waals surface area contributed by atoms with Gasteiger partial charge < -0.3 is 26.2 Å². The average molecular weight is 936 g/mol. The fourth-order valence-corrected chi connectivity index (χ4v) is 8.31. The van der Waals surface area contributed by atoms with Crippen molar-refractivity contribution < 1.29 is 35.2 Å². The Kier molecular flexibility index (Phi) is 14.6. The zero-order valence-corrected chi connectivity index (χ0v) is 37.0. The van der Waals surface area contributed by atoms with E-state index in [1.807, 2.05) is 32.0 Å². The molecule has 0 radical (unpaired) electrons. The molecule has 6 aromatic rings. The van der Waals surface area contributed by atoms with E-state index in [4.69, 9.17) is 17.3 Å². The predicted octanol–water partition coefficient (Wildman–Crippen LogP) is 6.25. The summed E-state index contributed by atoms with van der Waals surface area (Å²) in [5, 5.41) is 21.6. The number of aryl methyl sites for hydroxylation is 2. The van der Waals surface area contributed by atoms with Crippen LogP contribution in [-0.2, 0) is 39.2 Å². The number of rotatable bonds is 8. The summed E-state index contributed by atoms with van der Waals surface area (Å²) in [7, 11) is -4.09. The van der Waals surface area contributed by atoms with Gasteiger partial charge in [0.1, 0.15) is 22.6 Å². The van der Waals surface area contributed by atoms with Crippen LogP contribution >= 0.6 is 11.6 Å². The van der Waals surface area contributed by atoms with Crippen molar-refractivity contribution in [2.45, 2.75) is 50.6 Å². The number of nitrogen functional groups attached to an aromatic ring is 1. The number of hydrogen-bond acceptors (Lipinski definition) is 15. The van der Waals surface area contributed by atoms with Gasteiger partial charge in [0.05, 0.1) is 85.2 Å². The van der Waals surface area contributed by atoms with Gasteiger partial charge in [0.2, 0.25) is 0 Å². The van der Waals surface area contributed by atoms with Crippen LogP contribution in [0.1, 0.15) is 62.3 Å². The molecule has 0 fully saturated rings. The Hall–Kier alpha value is -6.71. The summed E-state index contributed by atoms with van der Waals surface area (Å²) in [6, 6.07) is 17.2. The Labute approximate surface area is 374 Å². The molecule has 6 heterocycles. The lowest BCUT2D eigenvalue weighted by atomic mass is 10.1. The van der Waals surface area contributed by atoms with E-state index in [1.54, 1.807) is 26.2 Å². The third-order valence-electron chi connectivity index (χ3n) is 9.36. The number of amides is 2. The number of carbonyl (C=O) groups is 2. The summed E-state index contributed by atoms with van der Waals surface area (Å²) < 4.78 is 75.3. The van der Waals surface area contributed by atoms with Crippen LogP contribution < -0.4 is 16.4 Å². The molecular weight excluding hydrogens is 892 g/mol. The fraction of sp³-hybridized carbons (Fsp3) is 0.238. The molecule has 22 heteroatoms. The van der Waals surface area contributed by atoms with Crippen LogP contribution in [0, 0.1) is 25.5 Å². The molecule has 0 atom stereocenters. The number of anilines is 5. The summed E-state index contributed by atoms with van der Waals surface area (Å²) >= 11 is 5.99. The van der Waals surface area contributed by atoms with Crippen LogP contribution in [0.2, 0.25) is 5.15 Å². The zero-order valence-electron chi connectivity index (χ0n) is 34.6. The van der Waals surface area contributed by atoms with Crippen LogP contribution in [0.3, 0.4) is 0 Å². The largest absolute Gasteiger partial charge is 0.382 e. The van der Waals surface area contributed by atoms with Crippen LogP contribution in [0.25, 0.3) is 0 Å². The lowest BCUT2D eigenvalue weighted by molar-refractivity contribution is 0.0809. The van der Waals surface area contributed by atoms with Crippen molar-refractivity contribution in [2.24, 2.45) is 0 Å². The molecule has 0 aliphatic carbocycles. The third kappa shape index (κ3) is 11.5. The van der Waals surface area contributed by atoms with E-state index in [-0.39, 0.29) is 45.6 Å². The standard InChI is InChI=1S/C21H20FN5O3S.C15H13ClFN3O3S.C5H7N3.CH4/c1-12-4-6-14(26-25-12)9-15-10-17(20-18(23-15)11-27(2)21(20)28)24-16-7-5-13(22)8-19(16)31(3,29)30;1-20-7-11-14(15(20)21)10(6-13(16)19-11)18-9-4-3-8(17)5-12(9)24(2,22)23;1-4-2-3-5(6)8-7-4;/h4-8,10H,9,11H2,1-3H3,(H,23,24);3-6H,7H2,1-2H3,(H,18,19);2-3H,1H3,(H2,6,8);1H4. The predicted molar refractivity (Wildman–Crippen MR) is 238 cm³/mol. The first-order valence-corrected chi connectivity index (χ1v) is 22.8. The molecule has 0 unspecified atom stereocenters. The van der Waals surface area contributed by atoms with E-state index in [9.17, 15) is 35.2 Å². The molecular formula is C42H44ClF2N11O6S2. The molecule has 0 bridgehead atoms. The number of carbonyl (C=O) groups excluding carboxylic acids is 2. The topological polar surface area (TPSA) is 236 Å². The number of hydrogen-bond donors (Lipinski definition) is 3. The van der Waals surface area contributed by atoms with E-state index in [1.165, 1.54) is 28.0 Å². The van der Waals surface area contributed by atoms with Crippen molar-refractivity contribution in [1.82, 2.24) is 40.2 Å². The van der Waals surface area contributed by atoms with Crippen molar-refractivity contribution in [1.29, 1.82) is 0 Å². The minimum Gasteiger partial charge on any atom is -0.382 e. The van der Waals surface area contributed by atoms with Crippen LogP contribution in [0.15, 0.2) is 82.6 Å². The SMILES string of the molecule is C.CN1Cc2nc(Cl)cc(Nc3ccc(F)cc3S(C)(=O)=O)c2C1=O.Cc1ccc(Cc2cc(Nc3ccc(F)cc3S(C)(=O)=O)c3c(n2)CN(C)C3=O)nn1.Cc1ccc(N)nn1. The van der Waals surface area contributed by atoms with E-state index in [0.717, 1.165) is 48.2 Å². The highest BCUT2D eigenvalue weighted by atomic mass is 35.5. The molecule has 0 spiro atoms. The summed E-state index contributed by atoms with van der Waals surface area (Å²) in [5.41, 5.74) is 11.1. The molecule has 336 valence electrons. The van der Waals surface area contributed by atoms with Gasteiger partial charge in [-0.1, -0.05) is 19.0 Å². The van der Waals surface area contributed by atoms with Crippen LogP contribution in [0.5, 0.6) is 0 Å². The molecule has 2 aromatic carbocycles. The Morgan fingerprint density at radius 2 is 1.11 bits per heavy atom. The lowest BCUT2D eigenvalue weighted by Gasteiger charge is -2.15. The highest BCUT2D eigenvalue weighted by Crippen LogP contribution is 2.35. The number of aromatic nitrogens is 6. The summed E-state index contributed by atoms with van der Waals surface area (Å²) in [5.74, 6) is -1.35. The molecule has 2 aliphatic rings. The average Bonchev–Trinajstić information content (AvgIpc) is 3.66. The number of fused-ring (bicyclic) bond motifs is 2. The quantitative estimate of drug-likeness (QED) is 0.143. The lowest BCUT2D eigenvalue weighted by Crippen LogP contribution is -2.18. The third-order valence-corrected chi connectivity index (χ3v) is 11.8. The molecule has 64 heavy (non-hydrogen) atoms. The number of sulfone groups is 2. The summed E-state index contributed by atoms with van der Waals surface area (Å²) in [4.78, 5) is 36.3. The van der Waals surface area contributed by atoms with Gasteiger partial charge in [-0.3, -0.25) is 14.6 Å². The van der Waals surface area contributed by atoms with E-state index in [2.05, 4.69) is 41.0 Å². The van der Waals surface area contributed by atoms with E-state index >= 15 is 0 Å². The second-order valence-electron chi connectivity index (χ2n) is 14.6. The maximum atomic E-state index is 13.7. The molecule has 2 aliphatic heterocycles. The van der Waals surface area contributed by atoms with Gasteiger partial charge in [-0.05, 0) is 86.6 Å². The number of benzene rings is 2. The van der Waals surface area contributed by atoms with Crippen LogP contribution in [0.4, 0.5) is 37.3 Å². The Bertz CT molecular complexity index is 2960. The number of nitrogens with zero attached hydrogens (tertiary/aromatic N) is 8. The number of nitrogens with two attached hydrogens (primary N) is 1. The Balaban J connectivity index is 0.000000207. The van der Waals surface area contributed by atoms with Crippen LogP contribution in [-0.4, -0.2) is 95.4 Å². The first kappa shape index (κ1) is 48.3. The van der Waals surface area contributed by atoms with Gasteiger partial charge in [-0.2, -0.15) is 15.3 Å². The van der Waals surface area contributed by atoms with Gasteiger partial charge in [-0.15, -0.1) is 5.10 Å². The monoisotopic (exact) mass is 935 g/mol. The zero-order chi connectivity index (χ0) is 46.0. The van der Waals surface area contributed by atoms with Crippen molar-refractivity contribution in [3.63, 3.8) is 0 Å². The second-order valence-corrected chi connectivity index (χ2v) is 19.0. The minimum atomic E-state index is -3.71. The summed E-state index contributed by atoms with van der Waals surface area (Å²) in [6.07, 6.45) is 2.37.